The summed E-state index contributed by atoms with van der Waals surface area (Å²) in [5.74, 6) is 2.86. The first-order valence-corrected chi connectivity index (χ1v) is 9.19. The summed E-state index contributed by atoms with van der Waals surface area (Å²) in [7, 11) is 3.73. The molecule has 0 saturated carbocycles. The number of nitrogens with one attached hydrogen (secondary N) is 1. The second-order valence-electron chi connectivity index (χ2n) is 6.20. The molecule has 0 saturated heterocycles. The van der Waals surface area contributed by atoms with Gasteiger partial charge in [0, 0.05) is 43.2 Å². The Morgan fingerprint density at radius 3 is 2.96 bits per heavy atom. The topological polar surface area (TPSA) is 54.7 Å². The minimum atomic E-state index is -0.101. The van der Waals surface area contributed by atoms with Crippen molar-refractivity contribution in [2.24, 2.45) is 12.0 Å². The number of hydrazine groups is 1. The van der Waals surface area contributed by atoms with Crippen LogP contribution in [0.25, 0.3) is 11.3 Å². The molecule has 0 fully saturated rings. The van der Waals surface area contributed by atoms with Crippen LogP contribution in [0.5, 0.6) is 0 Å². The number of nitrogens with zero attached hydrogens (tertiary/aromatic N) is 4. The highest BCUT2D eigenvalue weighted by atomic mass is 32.1. The van der Waals surface area contributed by atoms with Crippen molar-refractivity contribution in [1.82, 2.24) is 20.0 Å². The minimum absolute atomic E-state index is 0.101. The molecule has 1 atom stereocenters. The number of allylic oxidation sites excluding steroid dienone is 2. The molecular weight excluding hydrogens is 334 g/mol. The molecule has 0 amide bonds. The molecule has 4 rings (SSSR count). The number of imidazole rings is 1. The van der Waals surface area contributed by atoms with Crippen LogP contribution in [0.3, 0.4) is 0 Å². The smallest absolute Gasteiger partial charge is 0.198 e. The highest BCUT2D eigenvalue weighted by Crippen LogP contribution is 2.26. The number of hydrogen-bond acceptors (Lipinski definition) is 6. The van der Waals surface area contributed by atoms with Gasteiger partial charge in [-0.1, -0.05) is 0 Å². The first-order valence-electron chi connectivity index (χ1n) is 8.25. The normalized spacial score (nSPS) is 18.7. The molecular formula is C18H21N5OS. The maximum absolute atomic E-state index is 5.40. The Balaban J connectivity index is 1.46. The second-order valence-corrected chi connectivity index (χ2v) is 6.95. The first-order chi connectivity index (χ1) is 12.2. The predicted molar refractivity (Wildman–Crippen MR) is 100 cm³/mol. The summed E-state index contributed by atoms with van der Waals surface area (Å²) >= 11 is 1.72. The SMILES string of the molecule is COC1=CC=CN2NC(CCc3nc(-c4cscc4C)cn3C)=NC12. The van der Waals surface area contributed by atoms with E-state index in [9.17, 15) is 0 Å². The average Bonchev–Trinajstić information content (AvgIpc) is 3.30. The third-order valence-electron chi connectivity index (χ3n) is 4.49. The van der Waals surface area contributed by atoms with Gasteiger partial charge in [0.25, 0.3) is 0 Å². The Morgan fingerprint density at radius 1 is 1.32 bits per heavy atom. The second kappa shape index (κ2) is 6.40. The van der Waals surface area contributed by atoms with Crippen molar-refractivity contribution in [2.75, 3.05) is 7.11 Å². The number of amidine groups is 1. The molecule has 0 aliphatic carbocycles. The van der Waals surface area contributed by atoms with Crippen molar-refractivity contribution in [3.8, 4) is 11.3 Å². The molecule has 2 aromatic heterocycles. The number of hydrogen-bond donors (Lipinski definition) is 1. The summed E-state index contributed by atoms with van der Waals surface area (Å²) < 4.78 is 7.50. The molecule has 1 N–H and O–H groups in total. The van der Waals surface area contributed by atoms with Gasteiger partial charge in [-0.25, -0.2) is 9.98 Å². The van der Waals surface area contributed by atoms with Gasteiger partial charge in [0.2, 0.25) is 0 Å². The molecule has 2 aliphatic rings. The largest absolute Gasteiger partial charge is 0.497 e. The van der Waals surface area contributed by atoms with Gasteiger partial charge >= 0.3 is 0 Å². The van der Waals surface area contributed by atoms with Crippen LogP contribution in [0.1, 0.15) is 17.8 Å². The molecule has 4 heterocycles. The summed E-state index contributed by atoms with van der Waals surface area (Å²) in [6.07, 6.45) is 9.52. The molecule has 6 nitrogen and oxygen atoms in total. The third kappa shape index (κ3) is 2.95. The molecule has 0 spiro atoms. The zero-order chi connectivity index (χ0) is 17.4. The van der Waals surface area contributed by atoms with E-state index in [4.69, 9.17) is 14.7 Å². The quantitative estimate of drug-likeness (QED) is 0.896. The Hall–Kier alpha value is -2.54. The van der Waals surface area contributed by atoms with Crippen LogP contribution >= 0.6 is 11.3 Å². The van der Waals surface area contributed by atoms with Crippen LogP contribution in [0.4, 0.5) is 0 Å². The van der Waals surface area contributed by atoms with Crippen LogP contribution < -0.4 is 5.43 Å². The lowest BCUT2D eigenvalue weighted by molar-refractivity contribution is 0.188. The van der Waals surface area contributed by atoms with Crippen molar-refractivity contribution in [3.05, 3.63) is 52.5 Å². The summed E-state index contributed by atoms with van der Waals surface area (Å²) in [6, 6.07) is 0. The summed E-state index contributed by atoms with van der Waals surface area (Å²) in [5, 5.41) is 6.28. The van der Waals surface area contributed by atoms with Crippen molar-refractivity contribution < 1.29 is 4.74 Å². The van der Waals surface area contributed by atoms with Crippen molar-refractivity contribution in [3.63, 3.8) is 0 Å². The maximum Gasteiger partial charge on any atom is 0.198 e. The fourth-order valence-electron chi connectivity index (χ4n) is 3.10. The number of thiophene rings is 1. The number of methoxy groups -OCH3 is 1. The van der Waals surface area contributed by atoms with Gasteiger partial charge in [0.1, 0.15) is 17.4 Å². The van der Waals surface area contributed by atoms with Crippen LogP contribution in [-0.2, 0) is 18.2 Å². The van der Waals surface area contributed by atoms with E-state index in [-0.39, 0.29) is 6.17 Å². The monoisotopic (exact) mass is 355 g/mol. The molecule has 130 valence electrons. The van der Waals surface area contributed by atoms with Crippen LogP contribution in [-0.4, -0.2) is 33.7 Å². The summed E-state index contributed by atoms with van der Waals surface area (Å²) in [4.78, 5) is 9.55. The van der Waals surface area contributed by atoms with E-state index >= 15 is 0 Å². The highest BCUT2D eigenvalue weighted by molar-refractivity contribution is 7.08. The van der Waals surface area contributed by atoms with Crippen LogP contribution in [0.15, 0.2) is 46.1 Å². The Labute approximate surface area is 151 Å². The van der Waals surface area contributed by atoms with E-state index in [1.807, 2.05) is 23.4 Å². The highest BCUT2D eigenvalue weighted by Gasteiger charge is 2.29. The van der Waals surface area contributed by atoms with Gasteiger partial charge in [-0.15, -0.1) is 0 Å². The molecule has 0 radical (unpaired) electrons. The van der Waals surface area contributed by atoms with Gasteiger partial charge in [0.15, 0.2) is 6.17 Å². The lowest BCUT2D eigenvalue weighted by Gasteiger charge is -2.24. The fraction of sp³-hybridized carbons (Fsp3) is 0.333. The number of aromatic nitrogens is 2. The van der Waals surface area contributed by atoms with Gasteiger partial charge in [-0.3, -0.25) is 10.4 Å². The van der Waals surface area contributed by atoms with Gasteiger partial charge < -0.3 is 9.30 Å². The Morgan fingerprint density at radius 2 is 2.20 bits per heavy atom. The van der Waals surface area contributed by atoms with Crippen molar-refractivity contribution in [2.45, 2.75) is 25.9 Å². The maximum atomic E-state index is 5.40. The van der Waals surface area contributed by atoms with Crippen molar-refractivity contribution in [1.29, 1.82) is 0 Å². The number of ether oxygens (including phenoxy) is 1. The average molecular weight is 355 g/mol. The van der Waals surface area contributed by atoms with Crippen LogP contribution in [0, 0.1) is 6.92 Å². The van der Waals surface area contributed by atoms with Gasteiger partial charge in [-0.05, 0) is 30.0 Å². The van der Waals surface area contributed by atoms with Gasteiger partial charge in [0.05, 0.1) is 12.8 Å². The molecule has 0 bridgehead atoms. The van der Waals surface area contributed by atoms with E-state index in [0.29, 0.717) is 0 Å². The summed E-state index contributed by atoms with van der Waals surface area (Å²) in [5.41, 5.74) is 6.87. The lowest BCUT2D eigenvalue weighted by Crippen LogP contribution is -2.38. The van der Waals surface area contributed by atoms with Crippen LogP contribution in [0.2, 0.25) is 0 Å². The van der Waals surface area contributed by atoms with E-state index in [2.05, 4.69) is 40.9 Å². The van der Waals surface area contributed by atoms with E-state index < -0.39 is 0 Å². The Bertz CT molecular complexity index is 876. The molecule has 25 heavy (non-hydrogen) atoms. The van der Waals surface area contributed by atoms with E-state index in [1.165, 1.54) is 11.1 Å². The molecule has 7 heteroatoms. The summed E-state index contributed by atoms with van der Waals surface area (Å²) in [6.45, 7) is 2.13. The molecule has 0 aromatic carbocycles. The number of fused-ring (bicyclic) bond motifs is 1. The number of rotatable bonds is 5. The first kappa shape index (κ1) is 16.0. The molecule has 1 unspecified atom stereocenters. The number of aliphatic imine (C=N–C) groups is 1. The van der Waals surface area contributed by atoms with Gasteiger partial charge in [-0.2, -0.15) is 11.3 Å². The number of aryl methyl sites for hydroxylation is 3. The van der Waals surface area contributed by atoms with Crippen molar-refractivity contribution >= 4 is 17.2 Å². The lowest BCUT2D eigenvalue weighted by atomic mass is 10.2. The fourth-order valence-corrected chi connectivity index (χ4v) is 3.94. The minimum Gasteiger partial charge on any atom is -0.497 e. The van der Waals surface area contributed by atoms with E-state index in [1.54, 1.807) is 18.4 Å². The predicted octanol–water partition coefficient (Wildman–Crippen LogP) is 2.99. The zero-order valence-corrected chi connectivity index (χ0v) is 15.4. The van der Waals surface area contributed by atoms with E-state index in [0.717, 1.165) is 36.0 Å². The molecule has 2 aromatic rings. The third-order valence-corrected chi connectivity index (χ3v) is 5.35. The zero-order valence-electron chi connectivity index (χ0n) is 14.6. The Kier molecular flexibility index (Phi) is 4.09. The standard InChI is InChI=1S/C18H21N5OS/c1-12-10-25-11-13(12)14-9-22(2)17(19-14)7-6-16-20-18-15(24-3)5-4-8-23(18)21-16/h4-5,8-11,18H,6-7H2,1-3H3,(H,20,21). The molecule has 2 aliphatic heterocycles.